The van der Waals surface area contributed by atoms with Crippen LogP contribution in [0, 0.1) is 0 Å². The molecule has 330 valence electrons. The standard InChI is InChI=1S/C39H51O18P3/c1-7-46-58(43,47-8-2)55-34-31(52-37(40)28-22-16-13-17-23-28)32(53-38(41)29-24-18-14-19-25-29)35(56-59(44,48-9-3)49-10-4)36(57-60(45,50-11-5)51-12-6)33(34)54-39(42)30-26-20-15-21-27-30/h13-27,31-36H,7-12H2,1-6H3/t31-,32-,33-,34+,35+,36-/m1/s1. The molecule has 3 aromatic rings. The molecule has 0 spiro atoms. The van der Waals surface area contributed by atoms with Crippen LogP contribution in [0.1, 0.15) is 72.6 Å². The molecule has 18 nitrogen and oxygen atoms in total. The molecule has 0 saturated heterocycles. The Kier molecular flexibility index (Phi) is 19.3. The third kappa shape index (κ3) is 13.4. The van der Waals surface area contributed by atoms with Gasteiger partial charge in [0.05, 0.1) is 56.3 Å². The molecule has 1 saturated carbocycles. The molecule has 60 heavy (non-hydrogen) atoms. The number of phosphoric ester groups is 3. The SMILES string of the molecule is CCOP(=O)(OCC)O[C@H]1[C@H](OC(=O)c2ccccc2)[C@@H](OC(=O)c2ccccc2)[C@H](OP(=O)(OCC)OCC)[C@H](OP(=O)(OCC)OCC)[C@@H]1OC(=O)c1ccccc1. The number of esters is 3. The first kappa shape index (κ1) is 49.1. The maximum Gasteiger partial charge on any atom is 0.475 e. The highest BCUT2D eigenvalue weighted by atomic mass is 31.2. The van der Waals surface area contributed by atoms with Gasteiger partial charge >= 0.3 is 41.4 Å². The summed E-state index contributed by atoms with van der Waals surface area (Å²) < 4.78 is 113. The fourth-order valence-corrected chi connectivity index (χ4v) is 9.97. The fourth-order valence-electron chi connectivity index (χ4n) is 5.87. The maximum absolute atomic E-state index is 14.4. The van der Waals surface area contributed by atoms with E-state index in [1.54, 1.807) is 54.6 Å². The van der Waals surface area contributed by atoms with E-state index < -0.39 is 78.0 Å². The molecule has 0 amide bonds. The van der Waals surface area contributed by atoms with E-state index in [4.69, 9.17) is 54.9 Å². The predicted octanol–water partition coefficient (Wildman–Crippen LogP) is 8.38. The van der Waals surface area contributed by atoms with Crippen molar-refractivity contribution in [2.45, 2.75) is 78.2 Å². The first-order valence-corrected chi connectivity index (χ1v) is 23.7. The van der Waals surface area contributed by atoms with Gasteiger partial charge in [-0.15, -0.1) is 0 Å². The zero-order valence-corrected chi connectivity index (χ0v) is 36.7. The normalized spacial score (nSPS) is 20.9. The van der Waals surface area contributed by atoms with Gasteiger partial charge in [0.25, 0.3) is 0 Å². The summed E-state index contributed by atoms with van der Waals surface area (Å²) in [7, 11) is -14.3. The van der Waals surface area contributed by atoms with Crippen molar-refractivity contribution in [2.75, 3.05) is 39.6 Å². The number of benzene rings is 3. The number of phosphoric acid groups is 3. The van der Waals surface area contributed by atoms with Crippen molar-refractivity contribution in [2.24, 2.45) is 0 Å². The second kappa shape index (κ2) is 23.6. The Balaban J connectivity index is 2.11. The number of hydrogen-bond donors (Lipinski definition) is 0. The molecule has 0 unspecified atom stereocenters. The number of rotatable bonds is 24. The molecular weight excluding hydrogens is 849 g/mol. The molecule has 1 fully saturated rings. The van der Waals surface area contributed by atoms with Gasteiger partial charge in [-0.25, -0.2) is 28.1 Å². The summed E-state index contributed by atoms with van der Waals surface area (Å²) in [5.74, 6) is -3.15. The van der Waals surface area contributed by atoms with Crippen LogP contribution in [0.2, 0.25) is 0 Å². The van der Waals surface area contributed by atoms with Crippen LogP contribution in [0.5, 0.6) is 0 Å². The van der Waals surface area contributed by atoms with E-state index in [-0.39, 0.29) is 56.3 Å². The number of carbonyl (C=O) groups is 3. The smallest absolute Gasteiger partial charge is 0.453 e. The van der Waals surface area contributed by atoms with E-state index in [0.717, 1.165) is 0 Å². The van der Waals surface area contributed by atoms with Gasteiger partial charge in [0.1, 0.15) is 18.3 Å². The first-order chi connectivity index (χ1) is 28.8. The van der Waals surface area contributed by atoms with E-state index in [0.29, 0.717) is 0 Å². The predicted molar refractivity (Wildman–Crippen MR) is 214 cm³/mol. The van der Waals surface area contributed by atoms with Gasteiger partial charge in [-0.05, 0) is 77.9 Å². The van der Waals surface area contributed by atoms with Crippen LogP contribution in [-0.2, 0) is 68.6 Å². The second-order valence-corrected chi connectivity index (χ2v) is 17.1. The molecule has 0 bridgehead atoms. The lowest BCUT2D eigenvalue weighted by Gasteiger charge is -2.48. The summed E-state index contributed by atoms with van der Waals surface area (Å²) >= 11 is 0. The lowest BCUT2D eigenvalue weighted by Crippen LogP contribution is -2.68. The molecule has 0 N–H and O–H groups in total. The van der Waals surface area contributed by atoms with Gasteiger partial charge in [0.15, 0.2) is 18.3 Å². The average molecular weight is 901 g/mol. The van der Waals surface area contributed by atoms with Crippen LogP contribution in [0.4, 0.5) is 0 Å². The summed E-state index contributed by atoms with van der Waals surface area (Å²) in [6.07, 6.45) is -12.4. The number of carbonyl (C=O) groups excluding carboxylic acids is 3. The summed E-state index contributed by atoms with van der Waals surface area (Å²) in [5.41, 5.74) is -0.0476. The van der Waals surface area contributed by atoms with E-state index >= 15 is 0 Å². The molecule has 4 rings (SSSR count). The van der Waals surface area contributed by atoms with Gasteiger partial charge in [-0.1, -0.05) is 54.6 Å². The second-order valence-electron chi connectivity index (χ2n) is 12.3. The van der Waals surface area contributed by atoms with Crippen LogP contribution >= 0.6 is 23.5 Å². The Morgan fingerprint density at radius 1 is 0.367 bits per heavy atom. The Morgan fingerprint density at radius 3 is 0.783 bits per heavy atom. The molecule has 0 aromatic heterocycles. The van der Waals surface area contributed by atoms with Gasteiger partial charge in [-0.2, -0.15) is 0 Å². The van der Waals surface area contributed by atoms with Crippen LogP contribution < -0.4 is 0 Å². The molecule has 0 aliphatic heterocycles. The van der Waals surface area contributed by atoms with Crippen molar-refractivity contribution in [3.8, 4) is 0 Å². The van der Waals surface area contributed by atoms with Crippen LogP contribution in [0.15, 0.2) is 91.0 Å². The lowest BCUT2D eigenvalue weighted by molar-refractivity contribution is -0.215. The highest BCUT2D eigenvalue weighted by Crippen LogP contribution is 2.59. The fraction of sp³-hybridized carbons (Fsp3) is 0.462. The molecular formula is C39H51O18P3. The van der Waals surface area contributed by atoms with Crippen LogP contribution in [0.25, 0.3) is 0 Å². The topological polar surface area (TPSA) is 213 Å². The maximum atomic E-state index is 14.4. The monoisotopic (exact) mass is 900 g/mol. The molecule has 6 atom stereocenters. The minimum absolute atomic E-state index is 0.0117. The summed E-state index contributed by atoms with van der Waals surface area (Å²) in [6, 6.07) is 22.7. The largest absolute Gasteiger partial charge is 0.475 e. The Hall–Kier alpha value is -3.60. The van der Waals surface area contributed by atoms with Crippen molar-refractivity contribution >= 4 is 41.4 Å². The van der Waals surface area contributed by atoms with Crippen LogP contribution in [-0.4, -0.2) is 94.2 Å². The van der Waals surface area contributed by atoms with Gasteiger partial charge in [-0.3, -0.25) is 40.7 Å². The van der Waals surface area contributed by atoms with Crippen molar-refractivity contribution in [1.82, 2.24) is 0 Å². The van der Waals surface area contributed by atoms with Crippen molar-refractivity contribution in [3.05, 3.63) is 108 Å². The quantitative estimate of drug-likeness (QED) is 0.0469. The molecule has 1 aliphatic rings. The zero-order valence-electron chi connectivity index (χ0n) is 34.1. The van der Waals surface area contributed by atoms with E-state index in [2.05, 4.69) is 0 Å². The summed E-state index contributed by atoms with van der Waals surface area (Å²) in [4.78, 5) is 42.3. The Labute approximate surface area is 349 Å². The zero-order chi connectivity index (χ0) is 43.8. The van der Waals surface area contributed by atoms with E-state index in [1.165, 1.54) is 77.9 Å². The average Bonchev–Trinajstić information content (AvgIpc) is 3.23. The van der Waals surface area contributed by atoms with Crippen molar-refractivity contribution in [1.29, 1.82) is 0 Å². The molecule has 21 heteroatoms. The third-order valence-electron chi connectivity index (χ3n) is 8.18. The molecule has 1 aliphatic carbocycles. The van der Waals surface area contributed by atoms with Crippen LogP contribution in [0.3, 0.4) is 0 Å². The highest BCUT2D eigenvalue weighted by Gasteiger charge is 2.63. The molecule has 3 aromatic carbocycles. The third-order valence-corrected chi connectivity index (χ3v) is 13.1. The van der Waals surface area contributed by atoms with Gasteiger partial charge < -0.3 is 14.2 Å². The summed E-state index contributed by atoms with van der Waals surface area (Å²) in [5, 5.41) is 0. The van der Waals surface area contributed by atoms with Gasteiger partial charge in [0, 0.05) is 0 Å². The first-order valence-electron chi connectivity index (χ1n) is 19.3. The highest BCUT2D eigenvalue weighted by molar-refractivity contribution is 7.49. The van der Waals surface area contributed by atoms with E-state index in [1.807, 2.05) is 0 Å². The summed E-state index contributed by atoms with van der Waals surface area (Å²) in [6.45, 7) is 7.53. The lowest BCUT2D eigenvalue weighted by atomic mass is 9.84. The Bertz CT molecular complexity index is 1920. The van der Waals surface area contributed by atoms with E-state index in [9.17, 15) is 28.1 Å². The Morgan fingerprint density at radius 2 is 0.567 bits per heavy atom. The van der Waals surface area contributed by atoms with Crippen molar-refractivity contribution in [3.63, 3.8) is 0 Å². The minimum Gasteiger partial charge on any atom is -0.453 e. The molecule has 0 heterocycles. The number of hydrogen-bond acceptors (Lipinski definition) is 18. The van der Waals surface area contributed by atoms with Crippen molar-refractivity contribution < 1.29 is 83.0 Å². The minimum atomic E-state index is -4.77. The number of ether oxygens (including phenoxy) is 3. The van der Waals surface area contributed by atoms with Gasteiger partial charge in [0.2, 0.25) is 0 Å². The molecule has 0 radical (unpaired) electrons.